The van der Waals surface area contributed by atoms with E-state index in [0.29, 0.717) is 23.8 Å². The molecule has 9 heteroatoms. The molecule has 31 heavy (non-hydrogen) atoms. The van der Waals surface area contributed by atoms with E-state index in [9.17, 15) is 0 Å². The summed E-state index contributed by atoms with van der Waals surface area (Å²) in [4.78, 5) is 12.8. The van der Waals surface area contributed by atoms with Gasteiger partial charge in [0.15, 0.2) is 23.3 Å². The number of ether oxygens (including phenoxy) is 3. The number of nitrogen functional groups attached to an aromatic ring is 1. The molecular formula is C22H23N5O4. The van der Waals surface area contributed by atoms with Crippen LogP contribution in [0.25, 0.3) is 22.1 Å². The Morgan fingerprint density at radius 2 is 2.03 bits per heavy atom. The molecule has 1 saturated carbocycles. The van der Waals surface area contributed by atoms with Crippen molar-refractivity contribution >= 4 is 28.0 Å². The smallest absolute Gasteiger partial charge is 0.182 e. The van der Waals surface area contributed by atoms with Crippen LogP contribution in [0, 0.1) is 5.92 Å². The molecule has 2 aliphatic rings. The Kier molecular flexibility index (Phi) is 4.00. The SMILES string of the molecule is CC1(C)O[C@@H]2[C@@H](COc3cccc4ocnc34)C[C@@H](n3ccc4c(N)ncnc43)[C@@H]2O1. The van der Waals surface area contributed by atoms with Crippen LogP contribution in [-0.2, 0) is 9.47 Å². The zero-order valence-electron chi connectivity index (χ0n) is 17.3. The van der Waals surface area contributed by atoms with E-state index in [-0.39, 0.29) is 24.2 Å². The van der Waals surface area contributed by atoms with Crippen molar-refractivity contribution in [3.8, 4) is 5.75 Å². The second-order valence-electron chi connectivity index (χ2n) is 8.61. The highest BCUT2D eigenvalue weighted by molar-refractivity contribution is 5.86. The summed E-state index contributed by atoms with van der Waals surface area (Å²) in [5, 5.41) is 0.842. The van der Waals surface area contributed by atoms with Crippen LogP contribution < -0.4 is 10.5 Å². The van der Waals surface area contributed by atoms with Crippen LogP contribution in [0.1, 0.15) is 26.3 Å². The molecule has 1 aliphatic heterocycles. The minimum atomic E-state index is -0.657. The molecule has 1 aliphatic carbocycles. The first-order valence-electron chi connectivity index (χ1n) is 10.4. The molecule has 4 heterocycles. The summed E-state index contributed by atoms with van der Waals surface area (Å²) in [6, 6.07) is 7.68. The lowest BCUT2D eigenvalue weighted by atomic mass is 10.1. The highest BCUT2D eigenvalue weighted by Gasteiger charge is 2.55. The van der Waals surface area contributed by atoms with Gasteiger partial charge in [0, 0.05) is 12.1 Å². The quantitative estimate of drug-likeness (QED) is 0.534. The lowest BCUT2D eigenvalue weighted by Crippen LogP contribution is -2.29. The number of anilines is 1. The fourth-order valence-electron chi connectivity index (χ4n) is 4.92. The molecule has 1 saturated heterocycles. The molecule has 4 atom stereocenters. The summed E-state index contributed by atoms with van der Waals surface area (Å²) < 4.78 is 26.3. The fourth-order valence-corrected chi connectivity index (χ4v) is 4.92. The molecule has 0 spiro atoms. The van der Waals surface area contributed by atoms with Crippen LogP contribution in [0.2, 0.25) is 0 Å². The molecule has 4 aromatic rings. The molecular weight excluding hydrogens is 398 g/mol. The molecule has 0 bridgehead atoms. The summed E-state index contributed by atoms with van der Waals surface area (Å²) in [6.45, 7) is 4.38. The van der Waals surface area contributed by atoms with Gasteiger partial charge in [-0.05, 0) is 38.5 Å². The first-order valence-corrected chi connectivity index (χ1v) is 10.4. The molecule has 0 radical (unpaired) electrons. The fraction of sp³-hybridized carbons (Fsp3) is 0.409. The molecule has 1 aromatic carbocycles. The molecule has 160 valence electrons. The Morgan fingerprint density at radius 1 is 1.16 bits per heavy atom. The Labute approximate surface area is 178 Å². The molecule has 0 amide bonds. The van der Waals surface area contributed by atoms with Gasteiger partial charge >= 0.3 is 0 Å². The maximum atomic E-state index is 6.33. The van der Waals surface area contributed by atoms with Crippen LogP contribution in [-0.4, -0.2) is 44.1 Å². The van der Waals surface area contributed by atoms with Gasteiger partial charge < -0.3 is 28.9 Å². The van der Waals surface area contributed by atoms with E-state index in [1.54, 1.807) is 0 Å². The van der Waals surface area contributed by atoms with Gasteiger partial charge in [-0.25, -0.2) is 15.0 Å². The van der Waals surface area contributed by atoms with Gasteiger partial charge in [-0.2, -0.15) is 0 Å². The standard InChI is InChI=1S/C22H23N5O4/c1-22(2)30-18-12(9-28-15-4-3-5-16-17(15)26-11-29-16)8-14(19(18)31-22)27-7-6-13-20(23)24-10-25-21(13)27/h3-7,10-12,14,18-19H,8-9H2,1-2H3,(H2,23,24,25)/t12-,14-,18-,19+/m1/s1. The Balaban J connectivity index is 1.31. The average molecular weight is 421 g/mol. The maximum absolute atomic E-state index is 6.33. The zero-order chi connectivity index (χ0) is 21.2. The third-order valence-electron chi connectivity index (χ3n) is 6.23. The molecule has 2 fully saturated rings. The van der Waals surface area contributed by atoms with Crippen molar-refractivity contribution in [1.82, 2.24) is 19.5 Å². The Morgan fingerprint density at radius 3 is 2.94 bits per heavy atom. The highest BCUT2D eigenvalue weighted by atomic mass is 16.8. The van der Waals surface area contributed by atoms with E-state index in [1.807, 2.05) is 44.3 Å². The molecule has 2 N–H and O–H groups in total. The van der Waals surface area contributed by atoms with Gasteiger partial charge in [-0.1, -0.05) is 6.07 Å². The van der Waals surface area contributed by atoms with Crippen LogP contribution in [0.15, 0.2) is 47.6 Å². The molecule has 0 unspecified atom stereocenters. The topological polar surface area (TPSA) is 110 Å². The number of nitrogens with zero attached hydrogens (tertiary/aromatic N) is 4. The van der Waals surface area contributed by atoms with E-state index in [2.05, 4.69) is 19.5 Å². The Hall–Kier alpha value is -3.17. The van der Waals surface area contributed by atoms with Gasteiger partial charge in [0.05, 0.1) is 24.1 Å². The van der Waals surface area contributed by atoms with Crippen molar-refractivity contribution in [3.05, 3.63) is 43.2 Å². The van der Waals surface area contributed by atoms with Crippen molar-refractivity contribution in [2.24, 2.45) is 5.92 Å². The number of fused-ring (bicyclic) bond motifs is 3. The zero-order valence-corrected chi connectivity index (χ0v) is 17.3. The van der Waals surface area contributed by atoms with Crippen molar-refractivity contribution < 1.29 is 18.6 Å². The van der Waals surface area contributed by atoms with Crippen LogP contribution >= 0.6 is 0 Å². The average Bonchev–Trinajstić information content (AvgIpc) is 3.49. The number of hydrogen-bond donors (Lipinski definition) is 1. The molecule has 3 aromatic heterocycles. The highest BCUT2D eigenvalue weighted by Crippen LogP contribution is 2.48. The molecule has 9 nitrogen and oxygen atoms in total. The number of oxazole rings is 1. The van der Waals surface area contributed by atoms with Crippen molar-refractivity contribution in [2.45, 2.75) is 44.3 Å². The van der Waals surface area contributed by atoms with Crippen LogP contribution in [0.5, 0.6) is 5.75 Å². The van der Waals surface area contributed by atoms with E-state index in [4.69, 9.17) is 24.4 Å². The van der Waals surface area contributed by atoms with Crippen molar-refractivity contribution in [3.63, 3.8) is 0 Å². The summed E-state index contributed by atoms with van der Waals surface area (Å²) in [6.07, 6.45) is 5.56. The normalized spacial score (nSPS) is 27.2. The predicted molar refractivity (Wildman–Crippen MR) is 112 cm³/mol. The van der Waals surface area contributed by atoms with Gasteiger partial charge in [0.25, 0.3) is 0 Å². The maximum Gasteiger partial charge on any atom is 0.182 e. The number of rotatable bonds is 4. The summed E-state index contributed by atoms with van der Waals surface area (Å²) >= 11 is 0. The number of nitrogens with two attached hydrogens (primary N) is 1. The minimum absolute atomic E-state index is 0.0509. The van der Waals surface area contributed by atoms with Gasteiger partial charge in [-0.3, -0.25) is 0 Å². The first kappa shape index (κ1) is 18.6. The molecule has 6 rings (SSSR count). The number of aromatic nitrogens is 4. The van der Waals surface area contributed by atoms with E-state index >= 15 is 0 Å². The van der Waals surface area contributed by atoms with Crippen LogP contribution in [0.3, 0.4) is 0 Å². The van der Waals surface area contributed by atoms with E-state index < -0.39 is 5.79 Å². The van der Waals surface area contributed by atoms with E-state index in [1.165, 1.54) is 12.7 Å². The second-order valence-corrected chi connectivity index (χ2v) is 8.61. The lowest BCUT2D eigenvalue weighted by molar-refractivity contribution is -0.161. The minimum Gasteiger partial charge on any atom is -0.491 e. The number of benzene rings is 1. The number of hydrogen-bond acceptors (Lipinski definition) is 8. The van der Waals surface area contributed by atoms with Crippen LogP contribution in [0.4, 0.5) is 5.82 Å². The monoisotopic (exact) mass is 421 g/mol. The Bertz CT molecular complexity index is 1270. The van der Waals surface area contributed by atoms with Gasteiger partial charge in [0.1, 0.15) is 29.6 Å². The van der Waals surface area contributed by atoms with Gasteiger partial charge in [-0.15, -0.1) is 0 Å². The third kappa shape index (κ3) is 2.95. The van der Waals surface area contributed by atoms with E-state index in [0.717, 1.165) is 23.0 Å². The predicted octanol–water partition coefficient (Wildman–Crippen LogP) is 3.31. The number of para-hydroxylation sites is 1. The summed E-state index contributed by atoms with van der Waals surface area (Å²) in [7, 11) is 0. The van der Waals surface area contributed by atoms with Crippen molar-refractivity contribution in [1.29, 1.82) is 0 Å². The van der Waals surface area contributed by atoms with Gasteiger partial charge in [0.2, 0.25) is 0 Å². The third-order valence-corrected chi connectivity index (χ3v) is 6.23. The first-order chi connectivity index (χ1) is 15.0. The lowest BCUT2D eigenvalue weighted by Gasteiger charge is -2.24. The van der Waals surface area contributed by atoms with Crippen molar-refractivity contribution in [2.75, 3.05) is 12.3 Å². The summed E-state index contributed by atoms with van der Waals surface area (Å²) in [5.41, 5.74) is 8.27. The largest absolute Gasteiger partial charge is 0.491 e. The second kappa shape index (κ2) is 6.66. The summed E-state index contributed by atoms with van der Waals surface area (Å²) in [5.74, 6) is 0.657.